The van der Waals surface area contributed by atoms with Gasteiger partial charge in [0.1, 0.15) is 0 Å². The second-order valence-electron chi connectivity index (χ2n) is 3.21. The molecule has 0 radical (unpaired) electrons. The Hall–Kier alpha value is -0.430. The van der Waals surface area contributed by atoms with Crippen LogP contribution in [0.3, 0.4) is 0 Å². The van der Waals surface area contributed by atoms with Gasteiger partial charge in [-0.15, -0.1) is 0 Å². The summed E-state index contributed by atoms with van der Waals surface area (Å²) in [5.41, 5.74) is 1.31. The third-order valence-corrected chi connectivity index (χ3v) is 4.56. The Morgan fingerprint density at radius 2 is 1.50 bits per heavy atom. The second-order valence-corrected chi connectivity index (χ2v) is 5.76. The molecule has 0 aromatic heterocycles. The van der Waals surface area contributed by atoms with Crippen molar-refractivity contribution in [2.45, 2.75) is 6.16 Å². The summed E-state index contributed by atoms with van der Waals surface area (Å²) in [5.74, 6) is 0. The van der Waals surface area contributed by atoms with Crippen LogP contribution < -0.4 is 0 Å². The van der Waals surface area contributed by atoms with Gasteiger partial charge in [-0.3, -0.25) is 0 Å². The van der Waals surface area contributed by atoms with Crippen molar-refractivity contribution in [3.8, 4) is 0 Å². The summed E-state index contributed by atoms with van der Waals surface area (Å²) < 4.78 is 0. The van der Waals surface area contributed by atoms with Gasteiger partial charge in [0.25, 0.3) is 0 Å². The van der Waals surface area contributed by atoms with Crippen LogP contribution in [0, 0.1) is 0 Å². The van der Waals surface area contributed by atoms with Crippen LogP contribution in [0.4, 0.5) is 0 Å². The molecule has 78 valence electrons. The molecule has 0 fully saturated rings. The summed E-state index contributed by atoms with van der Waals surface area (Å²) in [6, 6.07) is 10.3. The van der Waals surface area contributed by atoms with Gasteiger partial charge in [-0.05, 0) is 24.0 Å². The first-order chi connectivity index (χ1) is 6.86. The van der Waals surface area contributed by atoms with Gasteiger partial charge in [-0.2, -0.15) is 0 Å². The molecule has 1 rings (SSSR count). The Balaban J connectivity index is 2.46. The molecule has 0 saturated heterocycles. The van der Waals surface area contributed by atoms with Crippen LogP contribution in [-0.4, -0.2) is 35.8 Å². The van der Waals surface area contributed by atoms with Crippen molar-refractivity contribution in [2.75, 3.05) is 25.5 Å². The van der Waals surface area contributed by atoms with Crippen molar-refractivity contribution in [1.82, 2.24) is 0 Å². The lowest BCUT2D eigenvalue weighted by Gasteiger charge is -2.15. The third kappa shape index (κ3) is 4.19. The van der Waals surface area contributed by atoms with Crippen molar-refractivity contribution in [3.63, 3.8) is 0 Å². The molecule has 0 heterocycles. The number of hydrogen-bond donors (Lipinski definition) is 2. The first-order valence-electron chi connectivity index (χ1n) is 4.85. The first-order valence-corrected chi connectivity index (χ1v) is 6.74. The molecular weight excluding hydrogens is 195 g/mol. The largest absolute Gasteiger partial charge is 0.396 e. The predicted octanol–water partition coefficient (Wildman–Crippen LogP) is 1.65. The molecule has 14 heavy (non-hydrogen) atoms. The molecule has 3 heteroatoms. The van der Waals surface area contributed by atoms with Gasteiger partial charge in [0.15, 0.2) is 0 Å². The van der Waals surface area contributed by atoms with Crippen LogP contribution in [0.5, 0.6) is 0 Å². The van der Waals surface area contributed by atoms with Crippen molar-refractivity contribution >= 4 is 7.92 Å². The smallest absolute Gasteiger partial charge is 0.0470 e. The summed E-state index contributed by atoms with van der Waals surface area (Å²) in [6.45, 7) is 0.469. The highest BCUT2D eigenvalue weighted by Gasteiger charge is 2.07. The minimum absolute atomic E-state index is 0.235. The quantitative estimate of drug-likeness (QED) is 0.704. The van der Waals surface area contributed by atoms with Crippen LogP contribution in [0.2, 0.25) is 0 Å². The predicted molar refractivity (Wildman–Crippen MR) is 61.0 cm³/mol. The highest BCUT2D eigenvalue weighted by molar-refractivity contribution is 7.56. The Morgan fingerprint density at radius 1 is 0.929 bits per heavy atom. The second kappa shape index (κ2) is 6.94. The van der Waals surface area contributed by atoms with Crippen LogP contribution in [-0.2, 0) is 6.16 Å². The lowest BCUT2D eigenvalue weighted by molar-refractivity contribution is 0.315. The Bertz CT molecular complexity index is 232. The molecule has 0 spiro atoms. The Labute approximate surface area is 86.3 Å². The van der Waals surface area contributed by atoms with Crippen molar-refractivity contribution in [1.29, 1.82) is 0 Å². The van der Waals surface area contributed by atoms with E-state index >= 15 is 0 Å². The molecule has 0 aliphatic rings. The zero-order valence-corrected chi connectivity index (χ0v) is 9.16. The average molecular weight is 212 g/mol. The van der Waals surface area contributed by atoms with Crippen LogP contribution in [0.15, 0.2) is 30.3 Å². The fraction of sp³-hybridized carbons (Fsp3) is 0.455. The summed E-state index contributed by atoms with van der Waals surface area (Å²) in [4.78, 5) is 0. The molecule has 0 unspecified atom stereocenters. The Kier molecular flexibility index (Phi) is 5.77. The van der Waals surface area contributed by atoms with E-state index in [1.807, 2.05) is 18.2 Å². The summed E-state index contributed by atoms with van der Waals surface area (Å²) in [7, 11) is -0.237. The standard InChI is InChI=1S/C11H17O2P/c12-6-8-14(9-7-13)10-11-4-2-1-3-5-11/h1-5,12-13H,6-10H2. The molecule has 0 bridgehead atoms. The van der Waals surface area contributed by atoms with Gasteiger partial charge in [0.05, 0.1) is 0 Å². The number of benzene rings is 1. The Morgan fingerprint density at radius 3 is 2.00 bits per heavy atom. The van der Waals surface area contributed by atoms with Gasteiger partial charge < -0.3 is 10.2 Å². The fourth-order valence-electron chi connectivity index (χ4n) is 1.39. The molecule has 0 aliphatic carbocycles. The van der Waals surface area contributed by atoms with Crippen molar-refractivity contribution < 1.29 is 10.2 Å². The molecule has 2 N–H and O–H groups in total. The lowest BCUT2D eigenvalue weighted by atomic mass is 10.2. The van der Waals surface area contributed by atoms with Gasteiger partial charge in [0.2, 0.25) is 0 Å². The normalized spacial score (nSPS) is 10.8. The van der Waals surface area contributed by atoms with E-state index in [-0.39, 0.29) is 21.1 Å². The minimum Gasteiger partial charge on any atom is -0.396 e. The van der Waals surface area contributed by atoms with Crippen molar-refractivity contribution in [3.05, 3.63) is 35.9 Å². The molecular formula is C11H17O2P. The van der Waals surface area contributed by atoms with Gasteiger partial charge in [-0.25, -0.2) is 0 Å². The highest BCUT2D eigenvalue weighted by Crippen LogP contribution is 2.38. The monoisotopic (exact) mass is 212 g/mol. The third-order valence-electron chi connectivity index (χ3n) is 2.08. The molecule has 0 aliphatic heterocycles. The molecule has 0 amide bonds. The summed E-state index contributed by atoms with van der Waals surface area (Å²) in [6.07, 6.45) is 2.69. The average Bonchev–Trinajstić information content (AvgIpc) is 2.20. The summed E-state index contributed by atoms with van der Waals surface area (Å²) in [5, 5.41) is 17.8. The van der Waals surface area contributed by atoms with E-state index in [4.69, 9.17) is 10.2 Å². The molecule has 0 atom stereocenters. The number of aliphatic hydroxyl groups is 2. The topological polar surface area (TPSA) is 40.5 Å². The minimum atomic E-state index is -0.237. The SMILES string of the molecule is OCCP(CCO)Cc1ccccc1. The first kappa shape index (κ1) is 11.6. The van der Waals surface area contributed by atoms with Gasteiger partial charge >= 0.3 is 0 Å². The zero-order valence-electron chi connectivity index (χ0n) is 8.26. The van der Waals surface area contributed by atoms with E-state index in [1.165, 1.54) is 5.56 Å². The lowest BCUT2D eigenvalue weighted by Crippen LogP contribution is -2.00. The molecule has 1 aromatic carbocycles. The molecule has 1 aromatic rings. The van der Waals surface area contributed by atoms with Crippen LogP contribution in [0.1, 0.15) is 5.56 Å². The van der Waals surface area contributed by atoms with E-state index < -0.39 is 0 Å². The number of hydrogen-bond acceptors (Lipinski definition) is 2. The molecule has 0 saturated carbocycles. The summed E-state index contributed by atoms with van der Waals surface area (Å²) >= 11 is 0. The van der Waals surface area contributed by atoms with E-state index in [0.717, 1.165) is 18.5 Å². The van der Waals surface area contributed by atoms with Crippen molar-refractivity contribution in [2.24, 2.45) is 0 Å². The zero-order chi connectivity index (χ0) is 10.2. The van der Waals surface area contributed by atoms with Crippen LogP contribution >= 0.6 is 7.92 Å². The number of rotatable bonds is 6. The molecule has 2 nitrogen and oxygen atoms in total. The van der Waals surface area contributed by atoms with Gasteiger partial charge in [0, 0.05) is 13.2 Å². The maximum absolute atomic E-state index is 8.88. The highest BCUT2D eigenvalue weighted by atomic mass is 31.1. The van der Waals surface area contributed by atoms with E-state index in [0.29, 0.717) is 0 Å². The van der Waals surface area contributed by atoms with E-state index in [1.54, 1.807) is 0 Å². The van der Waals surface area contributed by atoms with E-state index in [2.05, 4.69) is 12.1 Å². The maximum Gasteiger partial charge on any atom is 0.0470 e. The van der Waals surface area contributed by atoms with Gasteiger partial charge in [-0.1, -0.05) is 38.3 Å². The number of aliphatic hydroxyl groups excluding tert-OH is 2. The van der Waals surface area contributed by atoms with E-state index in [9.17, 15) is 0 Å². The fourth-order valence-corrected chi connectivity index (χ4v) is 3.23. The van der Waals surface area contributed by atoms with Crippen LogP contribution in [0.25, 0.3) is 0 Å². The maximum atomic E-state index is 8.88.